The summed E-state index contributed by atoms with van der Waals surface area (Å²) in [5.41, 5.74) is 0.502. The number of aliphatic hydroxyl groups is 1. The number of amides is 8. The molecule has 0 unspecified atom stereocenters. The molecule has 8 amide bonds. The second-order valence-electron chi connectivity index (χ2n) is 15.4. The van der Waals surface area contributed by atoms with E-state index < -0.39 is 125 Å². The lowest BCUT2D eigenvalue weighted by molar-refractivity contribution is -0.143. The Morgan fingerprint density at radius 1 is 0.724 bits per heavy atom. The van der Waals surface area contributed by atoms with Gasteiger partial charge in [-0.05, 0) is 62.6 Å². The number of hydrogen-bond acceptors (Lipinski definition) is 11. The first-order chi connectivity index (χ1) is 27.2. The lowest BCUT2D eigenvalue weighted by Crippen LogP contribution is -2.62. The third kappa shape index (κ3) is 13.5. The van der Waals surface area contributed by atoms with Crippen LogP contribution in [0.2, 0.25) is 0 Å². The van der Waals surface area contributed by atoms with Gasteiger partial charge in [-0.2, -0.15) is 0 Å². The summed E-state index contributed by atoms with van der Waals surface area (Å²) in [6, 6.07) is -3.06. The van der Waals surface area contributed by atoms with Crippen molar-refractivity contribution in [3.8, 4) is 5.75 Å². The maximum Gasteiger partial charge on any atom is 0.246 e. The third-order valence-corrected chi connectivity index (χ3v) is 10.7. The van der Waals surface area contributed by atoms with E-state index in [0.29, 0.717) is 12.0 Å². The number of phenols is 1. The van der Waals surface area contributed by atoms with Crippen LogP contribution < -0.4 is 37.2 Å². The zero-order valence-corrected chi connectivity index (χ0v) is 34.8. The molecule has 322 valence electrons. The standard InChI is InChI=1S/C38H58N8O11S/c1-19(2)29-36(54)40-21(5)32(50)45-30(20(3)4)38(56)46-15-8-9-27(46)35(53)41-25(14-16-58(7)57)34(52)42-26(17-23-10-12-24(48)13-11-23)33(51)39-18-28(49)43-31(22(6)47)37(55)44-29/h10-13,19-22,25-27,29-31,47-48H,8-9,14-18H2,1-7H3,(H,39,51)(H,40,54)(H,41,53)(H,42,52)(H,43,49)(H,44,55)(H,45,50)/t21-,22+,25-,26-,27-,29-,30+,31-,58+/m0/s1. The highest BCUT2D eigenvalue weighted by Crippen LogP contribution is 2.21. The SMILES string of the molecule is CC(C)[C@@H]1NC(=O)[C@H]([C@@H](C)O)NC(=O)CNC(=O)[C@H](Cc2ccc(O)cc2)NC(=O)[C@H](CC[S@@](C)=O)NC(=O)[C@@H]2CCCN2C(=O)[C@@H](C(C)C)NC(=O)[C@H](C)NC1=O. The summed E-state index contributed by atoms with van der Waals surface area (Å²) in [6.45, 7) is 8.74. The van der Waals surface area contributed by atoms with Gasteiger partial charge in [-0.25, -0.2) is 0 Å². The first-order valence-corrected chi connectivity index (χ1v) is 21.1. The number of hydrogen-bond donors (Lipinski definition) is 9. The molecule has 0 saturated carbocycles. The van der Waals surface area contributed by atoms with Crippen molar-refractivity contribution in [1.29, 1.82) is 0 Å². The number of carbonyl (C=O) groups is 8. The molecule has 1 aromatic rings. The number of phenolic OH excluding ortho intramolecular Hbond substituents is 1. The summed E-state index contributed by atoms with van der Waals surface area (Å²) in [4.78, 5) is 110. The Balaban J connectivity index is 2.05. The van der Waals surface area contributed by atoms with Crippen LogP contribution in [0.15, 0.2) is 24.3 Å². The first kappa shape index (κ1) is 47.3. The van der Waals surface area contributed by atoms with Gasteiger partial charge in [-0.1, -0.05) is 39.8 Å². The molecule has 9 N–H and O–H groups in total. The number of aromatic hydroxyl groups is 1. The third-order valence-electron chi connectivity index (χ3n) is 9.91. The number of nitrogens with zero attached hydrogens (tertiary/aromatic N) is 1. The van der Waals surface area contributed by atoms with E-state index in [1.165, 1.54) is 49.3 Å². The maximum atomic E-state index is 14.0. The van der Waals surface area contributed by atoms with Crippen LogP contribution in [0.4, 0.5) is 0 Å². The van der Waals surface area contributed by atoms with E-state index >= 15 is 0 Å². The molecule has 0 aromatic heterocycles. The summed E-state index contributed by atoms with van der Waals surface area (Å²) < 4.78 is 12.1. The molecule has 0 radical (unpaired) electrons. The normalized spacial score (nSPS) is 27.6. The van der Waals surface area contributed by atoms with Gasteiger partial charge in [0, 0.05) is 35.8 Å². The van der Waals surface area contributed by atoms with Crippen molar-refractivity contribution in [3.63, 3.8) is 0 Å². The zero-order chi connectivity index (χ0) is 43.4. The predicted octanol–water partition coefficient (Wildman–Crippen LogP) is -2.55. The van der Waals surface area contributed by atoms with Crippen LogP contribution in [0.1, 0.15) is 66.4 Å². The monoisotopic (exact) mass is 834 g/mol. The van der Waals surface area contributed by atoms with Crippen LogP contribution >= 0.6 is 0 Å². The highest BCUT2D eigenvalue weighted by molar-refractivity contribution is 7.84. The van der Waals surface area contributed by atoms with E-state index in [0.717, 1.165) is 0 Å². The molecule has 2 fully saturated rings. The van der Waals surface area contributed by atoms with Crippen molar-refractivity contribution in [2.45, 2.75) is 116 Å². The van der Waals surface area contributed by atoms with Crippen LogP contribution in [0.3, 0.4) is 0 Å². The largest absolute Gasteiger partial charge is 0.508 e. The van der Waals surface area contributed by atoms with Gasteiger partial charge in [0.25, 0.3) is 0 Å². The quantitative estimate of drug-likeness (QED) is 0.131. The summed E-state index contributed by atoms with van der Waals surface area (Å²) >= 11 is 0. The molecule has 58 heavy (non-hydrogen) atoms. The smallest absolute Gasteiger partial charge is 0.246 e. The fourth-order valence-electron chi connectivity index (χ4n) is 6.51. The molecule has 2 aliphatic heterocycles. The maximum absolute atomic E-state index is 14.0. The zero-order valence-electron chi connectivity index (χ0n) is 34.0. The van der Waals surface area contributed by atoms with Gasteiger partial charge in [0.1, 0.15) is 48.0 Å². The Hall–Kier alpha value is -5.11. The van der Waals surface area contributed by atoms with E-state index in [4.69, 9.17) is 0 Å². The predicted molar refractivity (Wildman–Crippen MR) is 212 cm³/mol. The van der Waals surface area contributed by atoms with E-state index in [2.05, 4.69) is 37.2 Å². The molecule has 2 heterocycles. The Morgan fingerprint density at radius 2 is 1.31 bits per heavy atom. The Kier molecular flexibility index (Phi) is 17.6. The first-order valence-electron chi connectivity index (χ1n) is 19.4. The molecule has 0 spiro atoms. The number of aliphatic hydroxyl groups excluding tert-OH is 1. The number of carbonyl (C=O) groups excluding carboxylic acids is 8. The fourth-order valence-corrected chi connectivity index (χ4v) is 7.08. The van der Waals surface area contributed by atoms with Crippen LogP contribution in [-0.2, 0) is 55.6 Å². The van der Waals surface area contributed by atoms with Gasteiger partial charge in [0.15, 0.2) is 0 Å². The molecule has 0 aliphatic carbocycles. The highest BCUT2D eigenvalue weighted by Gasteiger charge is 2.41. The molecule has 3 rings (SSSR count). The molecule has 2 aliphatic rings. The average molecular weight is 835 g/mol. The van der Waals surface area contributed by atoms with Gasteiger partial charge in [0.2, 0.25) is 47.3 Å². The molecular weight excluding hydrogens is 777 g/mol. The average Bonchev–Trinajstić information content (AvgIpc) is 3.65. The number of rotatable bonds is 8. The number of nitrogens with one attached hydrogen (secondary N) is 7. The number of fused-ring (bicyclic) bond motifs is 1. The van der Waals surface area contributed by atoms with Gasteiger partial charge in [0.05, 0.1) is 12.6 Å². The molecule has 0 bridgehead atoms. The summed E-state index contributed by atoms with van der Waals surface area (Å²) in [5.74, 6) is -7.26. The van der Waals surface area contributed by atoms with Crippen molar-refractivity contribution < 1.29 is 52.8 Å². The molecule has 2 saturated heterocycles. The minimum Gasteiger partial charge on any atom is -0.508 e. The van der Waals surface area contributed by atoms with E-state index in [1.54, 1.807) is 27.7 Å². The van der Waals surface area contributed by atoms with Crippen molar-refractivity contribution >= 4 is 58.1 Å². The summed E-state index contributed by atoms with van der Waals surface area (Å²) in [5, 5.41) is 38.0. The van der Waals surface area contributed by atoms with Gasteiger partial charge >= 0.3 is 0 Å². The molecule has 1 aromatic carbocycles. The highest BCUT2D eigenvalue weighted by atomic mass is 32.2. The molecule has 20 heteroatoms. The fraction of sp³-hybridized carbons (Fsp3) is 0.632. The van der Waals surface area contributed by atoms with Gasteiger partial charge in [-0.3, -0.25) is 42.6 Å². The van der Waals surface area contributed by atoms with E-state index in [-0.39, 0.29) is 37.3 Å². The van der Waals surface area contributed by atoms with Crippen molar-refractivity contribution in [3.05, 3.63) is 29.8 Å². The lowest BCUT2D eigenvalue weighted by atomic mass is 10.0. The minimum atomic E-state index is -1.59. The van der Waals surface area contributed by atoms with Crippen LogP contribution in [0.5, 0.6) is 5.75 Å². The second kappa shape index (κ2) is 21.6. The van der Waals surface area contributed by atoms with E-state index in [1.807, 2.05) is 0 Å². The summed E-state index contributed by atoms with van der Waals surface area (Å²) in [7, 11) is -1.39. The van der Waals surface area contributed by atoms with Crippen molar-refractivity contribution in [1.82, 2.24) is 42.1 Å². The van der Waals surface area contributed by atoms with E-state index in [9.17, 15) is 52.8 Å². The van der Waals surface area contributed by atoms with Crippen LogP contribution in [0, 0.1) is 11.8 Å². The van der Waals surface area contributed by atoms with Crippen LogP contribution in [0.25, 0.3) is 0 Å². The van der Waals surface area contributed by atoms with Gasteiger partial charge in [-0.15, -0.1) is 0 Å². The molecule has 19 nitrogen and oxygen atoms in total. The number of benzene rings is 1. The Morgan fingerprint density at radius 3 is 1.90 bits per heavy atom. The van der Waals surface area contributed by atoms with Crippen LogP contribution in [-0.4, -0.2) is 140 Å². The molecule has 9 atom stereocenters. The minimum absolute atomic E-state index is 0.00715. The second-order valence-corrected chi connectivity index (χ2v) is 17.0. The lowest BCUT2D eigenvalue weighted by Gasteiger charge is -2.32. The van der Waals surface area contributed by atoms with Crippen molar-refractivity contribution in [2.24, 2.45) is 11.8 Å². The Labute approximate surface area is 340 Å². The Bertz CT molecular complexity index is 1710. The van der Waals surface area contributed by atoms with Crippen molar-refractivity contribution in [2.75, 3.05) is 25.1 Å². The summed E-state index contributed by atoms with van der Waals surface area (Å²) in [6.07, 6.45) is 0.388. The topological polar surface area (TPSA) is 282 Å². The molecular formula is C38H58N8O11S. The van der Waals surface area contributed by atoms with Gasteiger partial charge < -0.3 is 52.3 Å².